The minimum Gasteiger partial charge on any atom is -0.497 e. The minimum absolute atomic E-state index is 0.107. The zero-order valence-corrected chi connectivity index (χ0v) is 17.2. The number of methoxy groups -OCH3 is 1. The van der Waals surface area contributed by atoms with Crippen molar-refractivity contribution in [3.05, 3.63) is 65.8 Å². The van der Waals surface area contributed by atoms with Crippen LogP contribution in [0.15, 0.2) is 60.2 Å². The Morgan fingerprint density at radius 2 is 1.54 bits per heavy atom. The van der Waals surface area contributed by atoms with Gasteiger partial charge in [0.15, 0.2) is 0 Å². The first-order chi connectivity index (χ1) is 13.5. The third-order valence-electron chi connectivity index (χ3n) is 4.67. The summed E-state index contributed by atoms with van der Waals surface area (Å²) in [5, 5.41) is 3.02. The van der Waals surface area contributed by atoms with E-state index in [2.05, 4.69) is 48.3 Å². The Morgan fingerprint density at radius 1 is 0.857 bits per heavy atom. The summed E-state index contributed by atoms with van der Waals surface area (Å²) in [5.41, 5.74) is 3.51. The van der Waals surface area contributed by atoms with Gasteiger partial charge < -0.3 is 9.47 Å². The van der Waals surface area contributed by atoms with Crippen LogP contribution in [-0.2, 0) is 5.41 Å². The van der Waals surface area contributed by atoms with Crippen LogP contribution in [0.5, 0.6) is 17.4 Å². The van der Waals surface area contributed by atoms with Gasteiger partial charge in [-0.2, -0.15) is 0 Å². The Labute approximate surface area is 168 Å². The van der Waals surface area contributed by atoms with Gasteiger partial charge >= 0.3 is 0 Å². The second-order valence-corrected chi connectivity index (χ2v) is 8.47. The topological polar surface area (TPSA) is 44.2 Å². The van der Waals surface area contributed by atoms with Crippen LogP contribution in [0.3, 0.4) is 0 Å². The van der Waals surface area contributed by atoms with E-state index in [-0.39, 0.29) is 5.41 Å². The van der Waals surface area contributed by atoms with Crippen LogP contribution >= 0.6 is 11.3 Å². The van der Waals surface area contributed by atoms with Crippen molar-refractivity contribution >= 4 is 21.6 Å². The average Bonchev–Trinajstić information content (AvgIpc) is 3.13. The lowest BCUT2D eigenvalue weighted by molar-refractivity contribution is 0.415. The molecule has 0 aliphatic rings. The molecule has 4 rings (SSSR count). The number of hydrogen-bond donors (Lipinski definition) is 0. The summed E-state index contributed by atoms with van der Waals surface area (Å²) < 4.78 is 11.4. The van der Waals surface area contributed by atoms with Crippen molar-refractivity contribution in [3.63, 3.8) is 0 Å². The molecule has 2 heterocycles. The second kappa shape index (κ2) is 7.24. The molecular formula is C23H22N2O2S. The molecule has 142 valence electrons. The maximum absolute atomic E-state index is 6.16. The van der Waals surface area contributed by atoms with Gasteiger partial charge in [0, 0.05) is 10.9 Å². The van der Waals surface area contributed by atoms with Gasteiger partial charge in [-0.25, -0.2) is 9.97 Å². The number of nitrogens with zero attached hydrogens (tertiary/aromatic N) is 2. The van der Waals surface area contributed by atoms with Gasteiger partial charge in [0.1, 0.15) is 22.7 Å². The standard InChI is InChI=1S/C23H22N2O2S/c1-23(2,3)16-7-11-18(12-8-16)27-21-20-19(13-28-22(20)25-14-24-21)15-5-9-17(26-4)10-6-15/h5-14H,1-4H3. The SMILES string of the molecule is COc1ccc(-c2csc3ncnc(Oc4ccc(C(C)(C)C)cc4)c23)cc1. The first-order valence-corrected chi connectivity index (χ1v) is 9.99. The summed E-state index contributed by atoms with van der Waals surface area (Å²) in [4.78, 5) is 9.73. The van der Waals surface area contributed by atoms with Crippen LogP contribution in [0.1, 0.15) is 26.3 Å². The highest BCUT2D eigenvalue weighted by Gasteiger charge is 2.16. The molecule has 0 saturated heterocycles. The molecule has 0 aliphatic heterocycles. The average molecular weight is 391 g/mol. The van der Waals surface area contributed by atoms with Crippen molar-refractivity contribution in [2.24, 2.45) is 0 Å². The van der Waals surface area contributed by atoms with Gasteiger partial charge in [-0.05, 0) is 40.8 Å². The van der Waals surface area contributed by atoms with Crippen LogP contribution < -0.4 is 9.47 Å². The van der Waals surface area contributed by atoms with Gasteiger partial charge in [-0.1, -0.05) is 45.0 Å². The number of fused-ring (bicyclic) bond motifs is 1. The van der Waals surface area contributed by atoms with E-state index >= 15 is 0 Å². The third-order valence-corrected chi connectivity index (χ3v) is 5.56. The van der Waals surface area contributed by atoms with E-state index in [0.717, 1.165) is 32.8 Å². The molecular weight excluding hydrogens is 368 g/mol. The van der Waals surface area contributed by atoms with Gasteiger partial charge in [0.2, 0.25) is 5.88 Å². The highest BCUT2D eigenvalue weighted by Crippen LogP contribution is 2.39. The number of ether oxygens (including phenoxy) is 2. The second-order valence-electron chi connectivity index (χ2n) is 7.61. The molecule has 0 amide bonds. The van der Waals surface area contributed by atoms with Gasteiger partial charge in [0.25, 0.3) is 0 Å². The molecule has 0 atom stereocenters. The predicted molar refractivity (Wildman–Crippen MR) is 115 cm³/mol. The van der Waals surface area contributed by atoms with Gasteiger partial charge in [-0.3, -0.25) is 0 Å². The summed E-state index contributed by atoms with van der Waals surface area (Å²) in [5.74, 6) is 2.16. The highest BCUT2D eigenvalue weighted by molar-refractivity contribution is 7.17. The van der Waals surface area contributed by atoms with Crippen molar-refractivity contribution in [3.8, 4) is 28.5 Å². The van der Waals surface area contributed by atoms with Crippen LogP contribution in [0.2, 0.25) is 0 Å². The molecule has 0 bridgehead atoms. The van der Waals surface area contributed by atoms with E-state index in [1.165, 1.54) is 5.56 Å². The van der Waals surface area contributed by atoms with Crippen molar-refractivity contribution in [2.45, 2.75) is 26.2 Å². The monoisotopic (exact) mass is 390 g/mol. The Balaban J connectivity index is 1.72. The highest BCUT2D eigenvalue weighted by atomic mass is 32.1. The lowest BCUT2D eigenvalue weighted by Gasteiger charge is -2.19. The minimum atomic E-state index is 0.107. The Hall–Kier alpha value is -2.92. The molecule has 0 aliphatic carbocycles. The van der Waals surface area contributed by atoms with E-state index in [9.17, 15) is 0 Å². The zero-order valence-electron chi connectivity index (χ0n) is 16.4. The lowest BCUT2D eigenvalue weighted by Crippen LogP contribution is -2.10. The predicted octanol–water partition coefficient (Wildman–Crippen LogP) is 6.46. The number of aromatic nitrogens is 2. The maximum Gasteiger partial charge on any atom is 0.231 e. The van der Waals surface area contributed by atoms with Crippen molar-refractivity contribution in [1.29, 1.82) is 0 Å². The Bertz CT molecular complexity index is 1090. The summed E-state index contributed by atoms with van der Waals surface area (Å²) in [6.45, 7) is 6.59. The van der Waals surface area contributed by atoms with Crippen molar-refractivity contribution < 1.29 is 9.47 Å². The molecule has 4 nitrogen and oxygen atoms in total. The summed E-state index contributed by atoms with van der Waals surface area (Å²) in [6.07, 6.45) is 1.55. The van der Waals surface area contributed by atoms with Gasteiger partial charge in [0.05, 0.1) is 12.5 Å². The molecule has 0 N–H and O–H groups in total. The maximum atomic E-state index is 6.16. The first kappa shape index (κ1) is 18.4. The molecule has 0 fully saturated rings. The molecule has 0 radical (unpaired) electrons. The fraction of sp³-hybridized carbons (Fsp3) is 0.217. The van der Waals surface area contributed by atoms with Gasteiger partial charge in [-0.15, -0.1) is 11.3 Å². The normalized spacial score (nSPS) is 11.6. The fourth-order valence-electron chi connectivity index (χ4n) is 3.04. The van der Waals surface area contributed by atoms with Crippen LogP contribution in [0, 0.1) is 0 Å². The smallest absolute Gasteiger partial charge is 0.231 e. The number of benzene rings is 2. The molecule has 5 heteroatoms. The largest absolute Gasteiger partial charge is 0.497 e. The number of hydrogen-bond acceptors (Lipinski definition) is 5. The summed E-state index contributed by atoms with van der Waals surface area (Å²) in [7, 11) is 1.67. The summed E-state index contributed by atoms with van der Waals surface area (Å²) >= 11 is 1.59. The number of thiophene rings is 1. The van der Waals surface area contributed by atoms with Crippen LogP contribution in [-0.4, -0.2) is 17.1 Å². The van der Waals surface area contributed by atoms with E-state index in [1.54, 1.807) is 24.8 Å². The summed E-state index contributed by atoms with van der Waals surface area (Å²) in [6, 6.07) is 16.2. The van der Waals surface area contributed by atoms with Crippen molar-refractivity contribution in [2.75, 3.05) is 7.11 Å². The molecule has 0 saturated carbocycles. The number of rotatable bonds is 4. The van der Waals surface area contributed by atoms with E-state index < -0.39 is 0 Å². The molecule has 0 spiro atoms. The van der Waals surface area contributed by atoms with E-state index in [1.807, 2.05) is 36.4 Å². The fourth-order valence-corrected chi connectivity index (χ4v) is 3.95. The zero-order chi connectivity index (χ0) is 19.7. The lowest BCUT2D eigenvalue weighted by atomic mass is 9.87. The first-order valence-electron chi connectivity index (χ1n) is 9.11. The van der Waals surface area contributed by atoms with Crippen LogP contribution in [0.25, 0.3) is 21.3 Å². The molecule has 4 aromatic rings. The van der Waals surface area contributed by atoms with Crippen LogP contribution in [0.4, 0.5) is 0 Å². The molecule has 2 aromatic carbocycles. The quantitative estimate of drug-likeness (QED) is 0.401. The molecule has 28 heavy (non-hydrogen) atoms. The molecule has 0 unspecified atom stereocenters. The van der Waals surface area contributed by atoms with E-state index in [0.29, 0.717) is 5.88 Å². The Morgan fingerprint density at radius 3 is 2.18 bits per heavy atom. The third kappa shape index (κ3) is 3.58. The Kier molecular flexibility index (Phi) is 4.77. The van der Waals surface area contributed by atoms with Crippen molar-refractivity contribution in [1.82, 2.24) is 9.97 Å². The molecule has 2 aromatic heterocycles. The van der Waals surface area contributed by atoms with E-state index in [4.69, 9.17) is 9.47 Å².